The first kappa shape index (κ1) is 17.0. The van der Waals surface area contributed by atoms with Crippen molar-refractivity contribution in [2.75, 3.05) is 13.7 Å². The van der Waals surface area contributed by atoms with Crippen molar-refractivity contribution in [3.63, 3.8) is 0 Å². The quantitative estimate of drug-likeness (QED) is 0.815. The van der Waals surface area contributed by atoms with Crippen LogP contribution in [0, 0.1) is 0 Å². The van der Waals surface area contributed by atoms with E-state index in [1.165, 1.54) is 0 Å². The van der Waals surface area contributed by atoms with Gasteiger partial charge in [-0.15, -0.1) is 0 Å². The summed E-state index contributed by atoms with van der Waals surface area (Å²) in [6, 6.07) is 14.9. The lowest BCUT2D eigenvalue weighted by Crippen LogP contribution is -2.27. The minimum absolute atomic E-state index is 0.117. The van der Waals surface area contributed by atoms with Gasteiger partial charge < -0.3 is 15.4 Å². The minimum atomic E-state index is -0.177. The van der Waals surface area contributed by atoms with E-state index in [0.717, 1.165) is 24.2 Å². The fourth-order valence-electron chi connectivity index (χ4n) is 2.55. The van der Waals surface area contributed by atoms with E-state index in [2.05, 4.69) is 10.6 Å². The first-order chi connectivity index (χ1) is 12.2. The Kier molecular flexibility index (Phi) is 5.33. The molecule has 0 unspecified atom stereocenters. The maximum atomic E-state index is 12.3. The van der Waals surface area contributed by atoms with E-state index in [0.29, 0.717) is 30.1 Å². The highest BCUT2D eigenvalue weighted by atomic mass is 16.5. The number of methoxy groups -OCH3 is 1. The summed E-state index contributed by atoms with van der Waals surface area (Å²) < 4.78 is 5.19. The van der Waals surface area contributed by atoms with Crippen LogP contribution >= 0.6 is 0 Å². The van der Waals surface area contributed by atoms with Crippen LogP contribution in [-0.4, -0.2) is 31.5 Å². The lowest BCUT2D eigenvalue weighted by atomic mass is 10.1. The van der Waals surface area contributed by atoms with Gasteiger partial charge in [0.05, 0.1) is 7.11 Å². The van der Waals surface area contributed by atoms with Crippen molar-refractivity contribution in [3.8, 4) is 5.75 Å². The number of carbonyl (C=O) groups is 2. The molecule has 1 saturated carbocycles. The lowest BCUT2D eigenvalue weighted by Gasteiger charge is -2.08. The second-order valence-corrected chi connectivity index (χ2v) is 6.19. The second kappa shape index (κ2) is 7.83. The zero-order valence-corrected chi connectivity index (χ0v) is 14.2. The lowest BCUT2D eigenvalue weighted by molar-refractivity contribution is 0.0951. The zero-order valence-electron chi connectivity index (χ0n) is 14.2. The largest absolute Gasteiger partial charge is 0.497 e. The fourth-order valence-corrected chi connectivity index (χ4v) is 2.55. The monoisotopic (exact) mass is 338 g/mol. The van der Waals surface area contributed by atoms with Crippen LogP contribution in [0.3, 0.4) is 0 Å². The van der Waals surface area contributed by atoms with Crippen LogP contribution in [0.1, 0.15) is 39.1 Å². The molecule has 2 aromatic rings. The molecule has 0 radical (unpaired) electrons. The molecule has 5 heteroatoms. The van der Waals surface area contributed by atoms with Crippen molar-refractivity contribution in [3.05, 3.63) is 65.2 Å². The highest BCUT2D eigenvalue weighted by Gasteiger charge is 2.24. The molecule has 5 nitrogen and oxygen atoms in total. The fraction of sp³-hybridized carbons (Fsp3) is 0.300. The highest BCUT2D eigenvalue weighted by molar-refractivity contribution is 5.99. The van der Waals surface area contributed by atoms with Gasteiger partial charge in [-0.25, -0.2) is 0 Å². The summed E-state index contributed by atoms with van der Waals surface area (Å²) in [4.78, 5) is 24.4. The smallest absolute Gasteiger partial charge is 0.251 e. The number of benzene rings is 2. The predicted octanol–water partition coefficient (Wildman–Crippen LogP) is 2.56. The molecule has 0 aliphatic heterocycles. The number of rotatable bonds is 7. The van der Waals surface area contributed by atoms with E-state index in [9.17, 15) is 9.59 Å². The van der Waals surface area contributed by atoms with Crippen LogP contribution < -0.4 is 15.4 Å². The number of hydrogen-bond acceptors (Lipinski definition) is 3. The van der Waals surface area contributed by atoms with Crippen molar-refractivity contribution >= 4 is 11.8 Å². The van der Waals surface area contributed by atoms with Gasteiger partial charge >= 0.3 is 0 Å². The van der Waals surface area contributed by atoms with Gasteiger partial charge in [-0.2, -0.15) is 0 Å². The molecule has 0 aromatic heterocycles. The van der Waals surface area contributed by atoms with Crippen LogP contribution in [0.5, 0.6) is 5.75 Å². The van der Waals surface area contributed by atoms with E-state index < -0.39 is 0 Å². The van der Waals surface area contributed by atoms with Crippen LogP contribution in [-0.2, 0) is 6.42 Å². The third-order valence-electron chi connectivity index (χ3n) is 4.13. The Morgan fingerprint density at radius 3 is 2.48 bits per heavy atom. The van der Waals surface area contributed by atoms with Crippen molar-refractivity contribution in [2.45, 2.75) is 25.3 Å². The average molecular weight is 338 g/mol. The summed E-state index contributed by atoms with van der Waals surface area (Å²) in [5.74, 6) is 0.510. The maximum absolute atomic E-state index is 12.3. The molecule has 130 valence electrons. The zero-order chi connectivity index (χ0) is 17.6. The first-order valence-electron chi connectivity index (χ1n) is 8.48. The number of hydrogen-bond donors (Lipinski definition) is 2. The van der Waals surface area contributed by atoms with E-state index in [1.807, 2.05) is 24.3 Å². The molecule has 2 amide bonds. The minimum Gasteiger partial charge on any atom is -0.497 e. The normalized spacial score (nSPS) is 13.2. The summed E-state index contributed by atoms with van der Waals surface area (Å²) in [6.07, 6.45) is 2.79. The third kappa shape index (κ3) is 4.83. The van der Waals surface area contributed by atoms with Gasteiger partial charge in [0.2, 0.25) is 0 Å². The van der Waals surface area contributed by atoms with Gasteiger partial charge in [0.15, 0.2) is 0 Å². The van der Waals surface area contributed by atoms with Gasteiger partial charge in [-0.3, -0.25) is 9.59 Å². The summed E-state index contributed by atoms with van der Waals surface area (Å²) in [7, 11) is 1.63. The Hall–Kier alpha value is -2.82. The Morgan fingerprint density at radius 2 is 1.76 bits per heavy atom. The molecule has 2 N–H and O–H groups in total. The molecule has 0 bridgehead atoms. The van der Waals surface area contributed by atoms with Crippen molar-refractivity contribution in [1.82, 2.24) is 10.6 Å². The van der Waals surface area contributed by atoms with E-state index in [4.69, 9.17) is 4.74 Å². The molecule has 1 fully saturated rings. The van der Waals surface area contributed by atoms with Crippen LogP contribution in [0.4, 0.5) is 0 Å². The molecule has 0 spiro atoms. The Morgan fingerprint density at radius 1 is 1.04 bits per heavy atom. The number of ether oxygens (including phenoxy) is 1. The van der Waals surface area contributed by atoms with Crippen LogP contribution in [0.25, 0.3) is 0 Å². The van der Waals surface area contributed by atoms with Gasteiger partial charge in [0, 0.05) is 23.7 Å². The average Bonchev–Trinajstić information content (AvgIpc) is 3.46. The predicted molar refractivity (Wildman–Crippen MR) is 96.0 cm³/mol. The standard InChI is InChI=1S/C20H22N2O3/c1-25-18-7-2-4-14(12-18)10-11-21-19(23)15-5-3-6-16(13-15)20(24)22-17-8-9-17/h2-7,12-13,17H,8-11H2,1H3,(H,21,23)(H,22,24). The van der Waals surface area contributed by atoms with Gasteiger partial charge in [-0.1, -0.05) is 18.2 Å². The molecule has 1 aliphatic rings. The molecule has 1 aliphatic carbocycles. The van der Waals surface area contributed by atoms with Crippen LogP contribution in [0.2, 0.25) is 0 Å². The number of amides is 2. The SMILES string of the molecule is COc1cccc(CCNC(=O)c2cccc(C(=O)NC3CC3)c2)c1. The molecule has 2 aromatic carbocycles. The van der Waals surface area contributed by atoms with Crippen molar-refractivity contribution in [2.24, 2.45) is 0 Å². The topological polar surface area (TPSA) is 67.4 Å². The van der Waals surface area contributed by atoms with Crippen molar-refractivity contribution in [1.29, 1.82) is 0 Å². The van der Waals surface area contributed by atoms with Gasteiger partial charge in [0.1, 0.15) is 5.75 Å². The summed E-state index contributed by atoms with van der Waals surface area (Å²) in [6.45, 7) is 0.518. The van der Waals surface area contributed by atoms with Gasteiger partial charge in [0.25, 0.3) is 11.8 Å². The molecule has 3 rings (SSSR count). The Balaban J connectivity index is 1.54. The van der Waals surface area contributed by atoms with Crippen LogP contribution in [0.15, 0.2) is 48.5 Å². The maximum Gasteiger partial charge on any atom is 0.251 e. The summed E-state index contributed by atoms with van der Waals surface area (Å²) >= 11 is 0. The molecule has 25 heavy (non-hydrogen) atoms. The molecular weight excluding hydrogens is 316 g/mol. The summed E-state index contributed by atoms with van der Waals surface area (Å²) in [5.41, 5.74) is 2.11. The Labute approximate surface area is 147 Å². The number of nitrogens with one attached hydrogen (secondary N) is 2. The highest BCUT2D eigenvalue weighted by Crippen LogP contribution is 2.19. The number of carbonyl (C=O) groups excluding carboxylic acids is 2. The van der Waals surface area contributed by atoms with Gasteiger partial charge in [-0.05, 0) is 55.2 Å². The van der Waals surface area contributed by atoms with E-state index >= 15 is 0 Å². The molecular formula is C20H22N2O3. The van der Waals surface area contributed by atoms with Crippen molar-refractivity contribution < 1.29 is 14.3 Å². The first-order valence-corrected chi connectivity index (χ1v) is 8.48. The summed E-state index contributed by atoms with van der Waals surface area (Å²) in [5, 5.41) is 5.82. The molecule has 0 atom stereocenters. The van der Waals surface area contributed by atoms with E-state index in [-0.39, 0.29) is 11.8 Å². The third-order valence-corrected chi connectivity index (χ3v) is 4.13. The molecule has 0 saturated heterocycles. The Bertz CT molecular complexity index is 769. The second-order valence-electron chi connectivity index (χ2n) is 6.19. The molecule has 0 heterocycles. The van der Waals surface area contributed by atoms with E-state index in [1.54, 1.807) is 31.4 Å².